The number of hydrogen-bond acceptors (Lipinski definition) is 1. The standard InChI is InChI=1S/C11H23NSi/c1-10(2)9-13-11(3,4)12-7-5-6-8-12/h1,5-9,13H2,2-4H3. The quantitative estimate of drug-likeness (QED) is 0.492. The molecule has 2 heteroatoms. The number of allylic oxidation sites excluding steroid dienone is 1. The van der Waals surface area contributed by atoms with Crippen molar-refractivity contribution in [2.45, 2.75) is 44.8 Å². The molecule has 0 aromatic heterocycles. The van der Waals surface area contributed by atoms with Crippen molar-refractivity contribution in [3.63, 3.8) is 0 Å². The van der Waals surface area contributed by atoms with Crippen molar-refractivity contribution >= 4 is 9.52 Å². The summed E-state index contributed by atoms with van der Waals surface area (Å²) in [6.45, 7) is 13.7. The summed E-state index contributed by atoms with van der Waals surface area (Å²) in [6.07, 6.45) is 2.82. The van der Waals surface area contributed by atoms with Gasteiger partial charge in [-0.15, -0.1) is 6.58 Å². The van der Waals surface area contributed by atoms with Crippen LogP contribution in [0.25, 0.3) is 0 Å². The molecule has 0 N–H and O–H groups in total. The molecule has 1 fully saturated rings. The Hall–Kier alpha value is -0.0831. The van der Waals surface area contributed by atoms with Gasteiger partial charge < -0.3 is 4.90 Å². The van der Waals surface area contributed by atoms with Gasteiger partial charge in [0.25, 0.3) is 0 Å². The first-order chi connectivity index (χ1) is 6.02. The van der Waals surface area contributed by atoms with E-state index in [2.05, 4.69) is 32.3 Å². The molecular formula is C11H23NSi. The third-order valence-corrected chi connectivity index (χ3v) is 5.90. The van der Waals surface area contributed by atoms with E-state index in [4.69, 9.17) is 0 Å². The third-order valence-electron chi connectivity index (χ3n) is 3.13. The highest BCUT2D eigenvalue weighted by molar-refractivity contribution is 6.40. The molecule has 0 aromatic rings. The number of likely N-dealkylation sites (tertiary alicyclic amines) is 1. The van der Waals surface area contributed by atoms with Crippen LogP contribution < -0.4 is 0 Å². The second kappa shape index (κ2) is 4.42. The monoisotopic (exact) mass is 197 g/mol. The van der Waals surface area contributed by atoms with Gasteiger partial charge in [-0.1, -0.05) is 19.4 Å². The minimum atomic E-state index is -0.0113. The highest BCUT2D eigenvalue weighted by Crippen LogP contribution is 2.21. The van der Waals surface area contributed by atoms with Gasteiger partial charge in [0.1, 0.15) is 0 Å². The Morgan fingerprint density at radius 3 is 2.38 bits per heavy atom. The minimum absolute atomic E-state index is 0.0113. The van der Waals surface area contributed by atoms with Gasteiger partial charge in [-0.25, -0.2) is 0 Å². The van der Waals surface area contributed by atoms with E-state index in [0.717, 1.165) is 0 Å². The first-order valence-corrected chi connectivity index (χ1v) is 7.12. The summed E-state index contributed by atoms with van der Waals surface area (Å²) in [4.78, 5) is 2.68. The fourth-order valence-corrected chi connectivity index (χ4v) is 3.67. The zero-order valence-corrected chi connectivity index (χ0v) is 10.8. The molecular weight excluding hydrogens is 174 g/mol. The van der Waals surface area contributed by atoms with Crippen LogP contribution in [-0.2, 0) is 0 Å². The van der Waals surface area contributed by atoms with Crippen LogP contribution >= 0.6 is 0 Å². The van der Waals surface area contributed by atoms with E-state index < -0.39 is 0 Å². The maximum Gasteiger partial charge on any atom is 0.0480 e. The highest BCUT2D eigenvalue weighted by atomic mass is 28.2. The lowest BCUT2D eigenvalue weighted by atomic mass is 10.3. The molecule has 0 aliphatic carbocycles. The topological polar surface area (TPSA) is 3.24 Å². The van der Waals surface area contributed by atoms with E-state index >= 15 is 0 Å². The second-order valence-corrected chi connectivity index (χ2v) is 7.69. The first kappa shape index (κ1) is 11.0. The number of nitrogens with zero attached hydrogens (tertiary/aromatic N) is 1. The smallest absolute Gasteiger partial charge is 0.0480 e. The predicted molar refractivity (Wildman–Crippen MR) is 63.1 cm³/mol. The fraction of sp³-hybridized carbons (Fsp3) is 0.818. The van der Waals surface area contributed by atoms with Crippen molar-refractivity contribution in [3.8, 4) is 0 Å². The normalized spacial score (nSPS) is 20.2. The Morgan fingerprint density at radius 2 is 1.92 bits per heavy atom. The van der Waals surface area contributed by atoms with Crippen LogP contribution in [0.2, 0.25) is 6.04 Å². The van der Waals surface area contributed by atoms with E-state index in [1.54, 1.807) is 0 Å². The maximum atomic E-state index is 4.00. The van der Waals surface area contributed by atoms with Gasteiger partial charge in [-0.2, -0.15) is 0 Å². The van der Waals surface area contributed by atoms with Crippen molar-refractivity contribution in [1.29, 1.82) is 0 Å². The molecule has 1 heterocycles. The Morgan fingerprint density at radius 1 is 1.38 bits per heavy atom. The maximum absolute atomic E-state index is 4.00. The summed E-state index contributed by atoms with van der Waals surface area (Å²) in [5.41, 5.74) is 1.37. The summed E-state index contributed by atoms with van der Waals surface area (Å²) in [5, 5.41) is 0.523. The molecule has 0 bridgehead atoms. The molecule has 0 atom stereocenters. The zero-order chi connectivity index (χ0) is 9.90. The van der Waals surface area contributed by atoms with Crippen LogP contribution in [0.5, 0.6) is 0 Å². The molecule has 1 rings (SSSR count). The number of rotatable bonds is 4. The summed E-state index contributed by atoms with van der Waals surface area (Å²) in [6, 6.07) is 1.31. The van der Waals surface area contributed by atoms with Crippen molar-refractivity contribution in [2.24, 2.45) is 0 Å². The van der Waals surface area contributed by atoms with Gasteiger partial charge in [-0.3, -0.25) is 0 Å². The van der Waals surface area contributed by atoms with E-state index in [1.165, 1.54) is 37.5 Å². The van der Waals surface area contributed by atoms with Gasteiger partial charge in [0, 0.05) is 14.7 Å². The highest BCUT2D eigenvalue weighted by Gasteiger charge is 2.28. The lowest BCUT2D eigenvalue weighted by Gasteiger charge is -2.35. The Balaban J connectivity index is 2.39. The van der Waals surface area contributed by atoms with Gasteiger partial charge in [-0.05, 0) is 38.9 Å². The Labute approximate surface area is 85.0 Å². The second-order valence-electron chi connectivity index (χ2n) is 4.96. The lowest BCUT2D eigenvalue weighted by Crippen LogP contribution is -2.46. The molecule has 0 amide bonds. The average Bonchev–Trinajstić information content (AvgIpc) is 2.53. The fourth-order valence-electron chi connectivity index (χ4n) is 2.00. The molecule has 76 valence electrons. The lowest BCUT2D eigenvalue weighted by molar-refractivity contribution is 0.233. The summed E-state index contributed by atoms with van der Waals surface area (Å²) in [7, 11) is -0.0113. The molecule has 0 saturated carbocycles. The van der Waals surface area contributed by atoms with Crippen molar-refractivity contribution in [1.82, 2.24) is 4.90 Å². The van der Waals surface area contributed by atoms with Crippen LogP contribution in [0.15, 0.2) is 12.2 Å². The van der Waals surface area contributed by atoms with Crippen LogP contribution in [0.4, 0.5) is 0 Å². The Kier molecular flexibility index (Phi) is 3.74. The van der Waals surface area contributed by atoms with Gasteiger partial charge in [0.15, 0.2) is 0 Å². The minimum Gasteiger partial charge on any atom is -0.301 e. The van der Waals surface area contributed by atoms with Gasteiger partial charge in [0.05, 0.1) is 0 Å². The zero-order valence-electron chi connectivity index (χ0n) is 9.40. The average molecular weight is 197 g/mol. The Bertz CT molecular complexity index is 181. The predicted octanol–water partition coefficient (Wildman–Crippen LogP) is 1.98. The van der Waals surface area contributed by atoms with E-state index in [-0.39, 0.29) is 9.52 Å². The SMILES string of the molecule is C=C(C)C[SiH2]C(C)(C)N1CCCC1. The van der Waals surface area contributed by atoms with Crippen molar-refractivity contribution in [2.75, 3.05) is 13.1 Å². The van der Waals surface area contributed by atoms with Crippen LogP contribution in [0, 0.1) is 0 Å². The number of hydrogen-bond donors (Lipinski definition) is 0. The molecule has 1 aliphatic rings. The summed E-state index contributed by atoms with van der Waals surface area (Å²) in [5.74, 6) is 0. The molecule has 0 radical (unpaired) electrons. The molecule has 13 heavy (non-hydrogen) atoms. The van der Waals surface area contributed by atoms with Crippen LogP contribution in [-0.4, -0.2) is 32.7 Å². The molecule has 1 nitrogen and oxygen atoms in total. The van der Waals surface area contributed by atoms with Crippen molar-refractivity contribution in [3.05, 3.63) is 12.2 Å². The molecule has 0 spiro atoms. The first-order valence-electron chi connectivity index (χ1n) is 5.42. The molecule has 0 aromatic carbocycles. The molecule has 1 aliphatic heterocycles. The summed E-state index contributed by atoms with van der Waals surface area (Å²) < 4.78 is 0. The van der Waals surface area contributed by atoms with Gasteiger partial charge in [0.2, 0.25) is 0 Å². The van der Waals surface area contributed by atoms with E-state index in [1.807, 2.05) is 0 Å². The summed E-state index contributed by atoms with van der Waals surface area (Å²) >= 11 is 0. The largest absolute Gasteiger partial charge is 0.301 e. The van der Waals surface area contributed by atoms with E-state index in [9.17, 15) is 0 Å². The van der Waals surface area contributed by atoms with Gasteiger partial charge >= 0.3 is 0 Å². The molecule has 1 saturated heterocycles. The third kappa shape index (κ3) is 3.28. The van der Waals surface area contributed by atoms with Crippen LogP contribution in [0.3, 0.4) is 0 Å². The van der Waals surface area contributed by atoms with Crippen molar-refractivity contribution < 1.29 is 0 Å². The molecule has 0 unspecified atom stereocenters. The van der Waals surface area contributed by atoms with E-state index in [0.29, 0.717) is 5.16 Å². The van der Waals surface area contributed by atoms with Crippen LogP contribution in [0.1, 0.15) is 33.6 Å².